The van der Waals surface area contributed by atoms with Crippen LogP contribution in [0.4, 0.5) is 0 Å². The van der Waals surface area contributed by atoms with Gasteiger partial charge in [-0.05, 0) is 48.2 Å². The van der Waals surface area contributed by atoms with Gasteiger partial charge in [-0.2, -0.15) is 5.10 Å². The Morgan fingerprint density at radius 3 is 2.97 bits per heavy atom. The Bertz CT molecular complexity index is 1230. The van der Waals surface area contributed by atoms with E-state index in [1.54, 1.807) is 13.2 Å². The predicted molar refractivity (Wildman–Crippen MR) is 120 cm³/mol. The van der Waals surface area contributed by atoms with E-state index in [0.29, 0.717) is 13.0 Å². The summed E-state index contributed by atoms with van der Waals surface area (Å²) in [6.45, 7) is 0.549. The van der Waals surface area contributed by atoms with Crippen LogP contribution in [0, 0.1) is 0 Å². The van der Waals surface area contributed by atoms with E-state index >= 15 is 0 Å². The highest BCUT2D eigenvalue weighted by atomic mass is 16.5. The van der Waals surface area contributed by atoms with Crippen LogP contribution in [0.15, 0.2) is 67.1 Å². The summed E-state index contributed by atoms with van der Waals surface area (Å²) in [5, 5.41) is 8.09. The quantitative estimate of drug-likeness (QED) is 0.513. The lowest BCUT2D eigenvalue weighted by atomic mass is 9.97. The topological polar surface area (TPSA) is 69.0 Å². The zero-order valence-electron chi connectivity index (χ0n) is 17.4. The van der Waals surface area contributed by atoms with Gasteiger partial charge in [0, 0.05) is 42.4 Å². The number of fused-ring (bicyclic) bond motifs is 2. The van der Waals surface area contributed by atoms with Gasteiger partial charge in [-0.15, -0.1) is 0 Å². The number of hydrogen-bond acceptors (Lipinski definition) is 4. The second-order valence-corrected chi connectivity index (χ2v) is 7.78. The summed E-state index contributed by atoms with van der Waals surface area (Å²) in [5.41, 5.74) is 5.91. The summed E-state index contributed by atoms with van der Waals surface area (Å²) in [6.07, 6.45) is 7.91. The van der Waals surface area contributed by atoms with Crippen molar-refractivity contribution < 1.29 is 9.53 Å². The lowest BCUT2D eigenvalue weighted by Gasteiger charge is -2.18. The number of benzene rings is 2. The lowest BCUT2D eigenvalue weighted by molar-refractivity contribution is -0.120. The third kappa shape index (κ3) is 3.77. The predicted octanol–water partition coefficient (Wildman–Crippen LogP) is 4.30. The molecule has 0 fully saturated rings. The molecular formula is C25H24N4O2. The van der Waals surface area contributed by atoms with Crippen LogP contribution >= 0.6 is 0 Å². The van der Waals surface area contributed by atoms with Crippen LogP contribution in [0.1, 0.15) is 30.1 Å². The summed E-state index contributed by atoms with van der Waals surface area (Å²) < 4.78 is 8.34. The number of aryl methyl sites for hydroxylation is 2. The standard InChI is InChI=1S/C25H24N4O2/c1-26-24(30)11-13-29-22-9-8-20(14-19(22)16-28-29)31-23-10-7-17-4-2-6-21(25(17)23)18-5-3-12-27-15-18/h2-6,8-9,12,14-16,23H,7,10-11,13H2,1H3,(H,26,30). The normalized spacial score (nSPS) is 15.1. The third-order valence-corrected chi connectivity index (χ3v) is 5.89. The van der Waals surface area contributed by atoms with Crippen LogP contribution in [0.3, 0.4) is 0 Å². The summed E-state index contributed by atoms with van der Waals surface area (Å²) in [5.74, 6) is 0.838. The maximum Gasteiger partial charge on any atom is 0.221 e. The molecule has 2 aromatic heterocycles. The summed E-state index contributed by atoms with van der Waals surface area (Å²) in [6, 6.07) is 16.6. The first-order valence-corrected chi connectivity index (χ1v) is 10.6. The average Bonchev–Trinajstić information content (AvgIpc) is 3.42. The van der Waals surface area contributed by atoms with Crippen LogP contribution < -0.4 is 10.1 Å². The van der Waals surface area contributed by atoms with Crippen molar-refractivity contribution in [1.29, 1.82) is 0 Å². The van der Waals surface area contributed by atoms with Crippen LogP contribution in [-0.4, -0.2) is 27.7 Å². The smallest absolute Gasteiger partial charge is 0.221 e. The van der Waals surface area contributed by atoms with E-state index in [-0.39, 0.29) is 12.0 Å². The highest BCUT2D eigenvalue weighted by Crippen LogP contribution is 2.41. The molecule has 0 aliphatic heterocycles. The largest absolute Gasteiger partial charge is 0.486 e. The van der Waals surface area contributed by atoms with E-state index in [4.69, 9.17) is 4.74 Å². The molecule has 6 heteroatoms. The number of ether oxygens (including phenoxy) is 1. The van der Waals surface area contributed by atoms with Crippen LogP contribution in [0.5, 0.6) is 5.75 Å². The number of carbonyl (C=O) groups is 1. The fourth-order valence-electron chi connectivity index (χ4n) is 4.35. The number of amides is 1. The maximum absolute atomic E-state index is 11.5. The minimum atomic E-state index is 0.00662. The van der Waals surface area contributed by atoms with Gasteiger partial charge in [0.2, 0.25) is 5.91 Å². The van der Waals surface area contributed by atoms with E-state index in [1.165, 1.54) is 16.7 Å². The van der Waals surface area contributed by atoms with Gasteiger partial charge in [0.05, 0.1) is 18.3 Å². The number of nitrogens with zero attached hydrogens (tertiary/aromatic N) is 3. The molecule has 4 aromatic rings. The zero-order valence-corrected chi connectivity index (χ0v) is 17.4. The first kappa shape index (κ1) is 19.3. The Labute approximate surface area is 180 Å². The van der Waals surface area contributed by atoms with Crippen LogP contribution in [-0.2, 0) is 17.8 Å². The molecule has 6 nitrogen and oxygen atoms in total. The molecule has 1 unspecified atom stereocenters. The number of carbonyl (C=O) groups excluding carboxylic acids is 1. The highest BCUT2D eigenvalue weighted by molar-refractivity contribution is 5.81. The lowest BCUT2D eigenvalue weighted by Crippen LogP contribution is -2.19. The molecule has 156 valence electrons. The SMILES string of the molecule is CNC(=O)CCn1ncc2cc(OC3CCc4cccc(-c5cccnc5)c43)ccc21. The van der Waals surface area contributed by atoms with Gasteiger partial charge in [0.25, 0.3) is 0 Å². The first-order valence-electron chi connectivity index (χ1n) is 10.6. The monoisotopic (exact) mass is 412 g/mol. The van der Waals surface area contributed by atoms with Crippen LogP contribution in [0.2, 0.25) is 0 Å². The minimum Gasteiger partial charge on any atom is -0.486 e. The van der Waals surface area contributed by atoms with Gasteiger partial charge in [0.15, 0.2) is 0 Å². The number of aromatic nitrogens is 3. The van der Waals surface area contributed by atoms with Gasteiger partial charge in [-0.3, -0.25) is 14.5 Å². The molecule has 1 N–H and O–H groups in total. The van der Waals surface area contributed by atoms with Crippen molar-refractivity contribution in [3.8, 4) is 16.9 Å². The Morgan fingerprint density at radius 1 is 1.19 bits per heavy atom. The Kier molecular flexibility index (Phi) is 5.12. The van der Waals surface area contributed by atoms with E-state index in [2.05, 4.69) is 39.7 Å². The molecule has 1 amide bonds. The molecule has 1 atom stereocenters. The van der Waals surface area contributed by atoms with E-state index in [9.17, 15) is 4.79 Å². The van der Waals surface area contributed by atoms with Gasteiger partial charge in [0.1, 0.15) is 11.9 Å². The molecule has 2 heterocycles. The highest BCUT2D eigenvalue weighted by Gasteiger charge is 2.27. The zero-order chi connectivity index (χ0) is 21.2. The molecule has 0 spiro atoms. The maximum atomic E-state index is 11.5. The van der Waals surface area contributed by atoms with Gasteiger partial charge in [-0.1, -0.05) is 24.3 Å². The summed E-state index contributed by atoms with van der Waals surface area (Å²) in [7, 11) is 1.65. The summed E-state index contributed by atoms with van der Waals surface area (Å²) in [4.78, 5) is 15.8. The number of hydrogen-bond donors (Lipinski definition) is 1. The molecule has 1 aliphatic carbocycles. The number of pyridine rings is 1. The minimum absolute atomic E-state index is 0.00662. The number of rotatable bonds is 6. The average molecular weight is 412 g/mol. The first-order chi connectivity index (χ1) is 15.2. The third-order valence-electron chi connectivity index (χ3n) is 5.89. The van der Waals surface area contributed by atoms with Crippen LogP contribution in [0.25, 0.3) is 22.0 Å². The second kappa shape index (κ2) is 8.22. The molecule has 0 bridgehead atoms. The molecule has 0 saturated carbocycles. The van der Waals surface area contributed by atoms with E-state index in [0.717, 1.165) is 35.1 Å². The molecule has 0 saturated heterocycles. The molecular weight excluding hydrogens is 388 g/mol. The Balaban J connectivity index is 1.40. The Hall–Kier alpha value is -3.67. The van der Waals surface area contributed by atoms with Gasteiger partial charge in [-0.25, -0.2) is 0 Å². The summed E-state index contributed by atoms with van der Waals surface area (Å²) >= 11 is 0. The molecule has 1 aliphatic rings. The fourth-order valence-corrected chi connectivity index (χ4v) is 4.35. The molecule has 5 rings (SSSR count). The van der Waals surface area contributed by atoms with Crippen molar-refractivity contribution >= 4 is 16.8 Å². The molecule has 2 aromatic carbocycles. The van der Waals surface area contributed by atoms with Crippen molar-refractivity contribution in [3.05, 3.63) is 78.2 Å². The van der Waals surface area contributed by atoms with Crippen molar-refractivity contribution in [2.75, 3.05) is 7.05 Å². The van der Waals surface area contributed by atoms with Crippen molar-refractivity contribution in [3.63, 3.8) is 0 Å². The fraction of sp³-hybridized carbons (Fsp3) is 0.240. The molecule has 31 heavy (non-hydrogen) atoms. The van der Waals surface area contributed by atoms with Gasteiger partial charge >= 0.3 is 0 Å². The molecule has 0 radical (unpaired) electrons. The van der Waals surface area contributed by atoms with Crippen molar-refractivity contribution in [2.45, 2.75) is 31.9 Å². The number of nitrogens with one attached hydrogen (secondary N) is 1. The van der Waals surface area contributed by atoms with E-state index < -0.39 is 0 Å². The van der Waals surface area contributed by atoms with E-state index in [1.807, 2.05) is 41.3 Å². The van der Waals surface area contributed by atoms with Crippen molar-refractivity contribution in [2.24, 2.45) is 0 Å². The van der Waals surface area contributed by atoms with Gasteiger partial charge < -0.3 is 10.1 Å². The second-order valence-electron chi connectivity index (χ2n) is 7.78. The Morgan fingerprint density at radius 2 is 2.13 bits per heavy atom. The van der Waals surface area contributed by atoms with Crippen molar-refractivity contribution in [1.82, 2.24) is 20.1 Å².